The van der Waals surface area contributed by atoms with Crippen LogP contribution in [0.25, 0.3) is 0 Å². The number of rotatable bonds is 7. The third kappa shape index (κ3) is 6.07. The van der Waals surface area contributed by atoms with Gasteiger partial charge in [-0.25, -0.2) is 5.43 Å². The van der Waals surface area contributed by atoms with Crippen molar-refractivity contribution in [1.82, 2.24) is 10.7 Å². The second kappa shape index (κ2) is 9.73. The van der Waals surface area contributed by atoms with E-state index < -0.39 is 5.91 Å². The van der Waals surface area contributed by atoms with Crippen molar-refractivity contribution in [3.8, 4) is 11.5 Å². The minimum absolute atomic E-state index is 0.0123. The Morgan fingerprint density at radius 1 is 1.03 bits per heavy atom. The summed E-state index contributed by atoms with van der Waals surface area (Å²) in [5.74, 6) is 0.314. The lowest BCUT2D eigenvalue weighted by atomic mass is 9.87. The molecule has 2 rings (SSSR count). The predicted octanol–water partition coefficient (Wildman–Crippen LogP) is 2.88. The van der Waals surface area contributed by atoms with E-state index in [1.165, 1.54) is 13.3 Å². The molecule has 7 nitrogen and oxygen atoms in total. The van der Waals surface area contributed by atoms with E-state index in [4.69, 9.17) is 9.47 Å². The van der Waals surface area contributed by atoms with E-state index in [1.807, 2.05) is 12.1 Å². The Balaban J connectivity index is 1.89. The van der Waals surface area contributed by atoms with E-state index in [0.717, 1.165) is 5.56 Å². The van der Waals surface area contributed by atoms with Crippen molar-refractivity contribution in [1.29, 1.82) is 0 Å². The first kappa shape index (κ1) is 21.9. The Morgan fingerprint density at radius 2 is 1.72 bits per heavy atom. The molecule has 2 amide bonds. The molecule has 0 aliphatic carbocycles. The fourth-order valence-corrected chi connectivity index (χ4v) is 2.61. The third-order valence-corrected chi connectivity index (χ3v) is 4.25. The first-order valence-electron chi connectivity index (χ1n) is 9.18. The molecular formula is C22H27N3O4. The highest BCUT2D eigenvalue weighted by atomic mass is 16.5. The van der Waals surface area contributed by atoms with Gasteiger partial charge in [-0.3, -0.25) is 9.59 Å². The van der Waals surface area contributed by atoms with E-state index in [0.29, 0.717) is 22.6 Å². The van der Waals surface area contributed by atoms with E-state index in [-0.39, 0.29) is 17.9 Å². The van der Waals surface area contributed by atoms with Crippen LogP contribution in [0, 0.1) is 0 Å². The second-order valence-corrected chi connectivity index (χ2v) is 7.39. The van der Waals surface area contributed by atoms with Crippen LogP contribution in [0.5, 0.6) is 11.5 Å². The van der Waals surface area contributed by atoms with Gasteiger partial charge in [-0.05, 0) is 35.2 Å². The van der Waals surface area contributed by atoms with Crippen molar-refractivity contribution in [3.63, 3.8) is 0 Å². The first-order chi connectivity index (χ1) is 13.8. The fraction of sp³-hybridized carbons (Fsp3) is 0.318. The molecule has 0 aromatic heterocycles. The topological polar surface area (TPSA) is 89.0 Å². The van der Waals surface area contributed by atoms with Gasteiger partial charge >= 0.3 is 0 Å². The van der Waals surface area contributed by atoms with Gasteiger partial charge in [0.05, 0.1) is 27.0 Å². The monoisotopic (exact) mass is 397 g/mol. The zero-order valence-corrected chi connectivity index (χ0v) is 17.4. The molecule has 154 valence electrons. The van der Waals surface area contributed by atoms with Gasteiger partial charge in [-0.15, -0.1) is 0 Å². The van der Waals surface area contributed by atoms with Gasteiger partial charge < -0.3 is 14.8 Å². The minimum Gasteiger partial charge on any atom is -0.493 e. The summed E-state index contributed by atoms with van der Waals surface area (Å²) in [4.78, 5) is 24.1. The number of hydrogen-bond acceptors (Lipinski definition) is 5. The predicted molar refractivity (Wildman–Crippen MR) is 113 cm³/mol. The molecule has 0 saturated heterocycles. The minimum atomic E-state index is -0.442. The number of carbonyl (C=O) groups excluding carboxylic acids is 2. The van der Waals surface area contributed by atoms with Crippen LogP contribution >= 0.6 is 0 Å². The van der Waals surface area contributed by atoms with Crippen LogP contribution in [0.4, 0.5) is 0 Å². The van der Waals surface area contributed by atoms with Gasteiger partial charge in [0.15, 0.2) is 11.5 Å². The molecule has 0 unspecified atom stereocenters. The Labute approximate surface area is 171 Å². The fourth-order valence-electron chi connectivity index (χ4n) is 2.61. The van der Waals surface area contributed by atoms with E-state index in [9.17, 15) is 9.59 Å². The molecule has 0 spiro atoms. The third-order valence-electron chi connectivity index (χ3n) is 4.25. The Morgan fingerprint density at radius 3 is 2.31 bits per heavy atom. The number of ether oxygens (including phenoxy) is 2. The Kier molecular flexibility index (Phi) is 7.36. The summed E-state index contributed by atoms with van der Waals surface area (Å²) in [6.07, 6.45) is 1.45. The average Bonchev–Trinajstić information content (AvgIpc) is 2.71. The smallest absolute Gasteiger partial charge is 0.259 e. The lowest BCUT2D eigenvalue weighted by Crippen LogP contribution is -2.34. The maximum Gasteiger partial charge on any atom is 0.259 e. The number of amides is 2. The largest absolute Gasteiger partial charge is 0.493 e. The number of nitrogens with zero attached hydrogens (tertiary/aromatic N) is 1. The van der Waals surface area contributed by atoms with Gasteiger partial charge in [0, 0.05) is 11.1 Å². The van der Waals surface area contributed by atoms with Crippen LogP contribution in [-0.4, -0.2) is 38.8 Å². The lowest BCUT2D eigenvalue weighted by Gasteiger charge is -2.19. The molecule has 0 aliphatic rings. The molecule has 7 heteroatoms. The Hall–Kier alpha value is -3.35. The van der Waals surface area contributed by atoms with Crippen molar-refractivity contribution in [2.45, 2.75) is 26.2 Å². The summed E-state index contributed by atoms with van der Waals surface area (Å²) < 4.78 is 10.5. The highest BCUT2D eigenvalue weighted by molar-refractivity contribution is 5.96. The normalized spacial score (nSPS) is 11.2. The van der Waals surface area contributed by atoms with Crippen molar-refractivity contribution in [3.05, 3.63) is 59.2 Å². The number of hydrazone groups is 1. The van der Waals surface area contributed by atoms with Crippen LogP contribution in [-0.2, 0) is 10.2 Å². The van der Waals surface area contributed by atoms with Gasteiger partial charge in [0.2, 0.25) is 0 Å². The number of methoxy groups -OCH3 is 2. The zero-order chi connectivity index (χ0) is 21.4. The van der Waals surface area contributed by atoms with Crippen molar-refractivity contribution >= 4 is 18.0 Å². The van der Waals surface area contributed by atoms with Crippen molar-refractivity contribution < 1.29 is 19.1 Å². The van der Waals surface area contributed by atoms with Crippen LogP contribution in [0.2, 0.25) is 0 Å². The SMILES string of the molecule is COc1cccc(/C=N\NC(=O)CNC(=O)c2ccc(C(C)(C)C)cc2)c1OC. The van der Waals surface area contributed by atoms with Gasteiger partial charge in [0.1, 0.15) is 0 Å². The number of para-hydroxylation sites is 1. The summed E-state index contributed by atoms with van der Waals surface area (Å²) in [5, 5.41) is 6.48. The quantitative estimate of drug-likeness (QED) is 0.555. The maximum absolute atomic E-state index is 12.2. The van der Waals surface area contributed by atoms with Crippen molar-refractivity contribution in [2.24, 2.45) is 5.10 Å². The number of nitrogens with one attached hydrogen (secondary N) is 2. The number of carbonyl (C=O) groups is 2. The average molecular weight is 397 g/mol. The molecular weight excluding hydrogens is 370 g/mol. The Bertz CT molecular complexity index is 884. The molecule has 0 saturated carbocycles. The summed E-state index contributed by atoms with van der Waals surface area (Å²) in [6.45, 7) is 6.13. The van der Waals surface area contributed by atoms with Crippen LogP contribution in [0.1, 0.15) is 42.3 Å². The summed E-state index contributed by atoms with van der Waals surface area (Å²) >= 11 is 0. The highest BCUT2D eigenvalue weighted by Crippen LogP contribution is 2.29. The van der Waals surface area contributed by atoms with Gasteiger partial charge in [-0.1, -0.05) is 39.0 Å². The molecule has 0 aliphatic heterocycles. The van der Waals surface area contributed by atoms with Gasteiger partial charge in [0.25, 0.3) is 11.8 Å². The summed E-state index contributed by atoms with van der Waals surface area (Å²) in [7, 11) is 3.07. The second-order valence-electron chi connectivity index (χ2n) is 7.39. The van der Waals surface area contributed by atoms with E-state index in [2.05, 4.69) is 36.6 Å². The lowest BCUT2D eigenvalue weighted by molar-refractivity contribution is -0.120. The zero-order valence-electron chi connectivity index (χ0n) is 17.4. The molecule has 0 heterocycles. The van der Waals surface area contributed by atoms with E-state index >= 15 is 0 Å². The van der Waals surface area contributed by atoms with E-state index in [1.54, 1.807) is 37.4 Å². The molecule has 2 N–H and O–H groups in total. The highest BCUT2D eigenvalue weighted by Gasteiger charge is 2.14. The molecule has 2 aromatic rings. The van der Waals surface area contributed by atoms with Crippen molar-refractivity contribution in [2.75, 3.05) is 20.8 Å². The number of hydrogen-bond donors (Lipinski definition) is 2. The molecule has 29 heavy (non-hydrogen) atoms. The standard InChI is InChI=1S/C22H27N3O4/c1-22(2,3)17-11-9-15(10-12-17)21(27)23-14-19(26)25-24-13-16-7-6-8-18(28-4)20(16)29-5/h6-13H,14H2,1-5H3,(H,23,27)(H,25,26)/b24-13-. The molecule has 0 atom stereocenters. The van der Waals surface area contributed by atoms with Crippen LogP contribution in [0.3, 0.4) is 0 Å². The van der Waals surface area contributed by atoms with Crippen LogP contribution < -0.4 is 20.2 Å². The van der Waals surface area contributed by atoms with Gasteiger partial charge in [-0.2, -0.15) is 5.10 Å². The summed E-state index contributed by atoms with van der Waals surface area (Å²) in [6, 6.07) is 12.7. The first-order valence-corrected chi connectivity index (χ1v) is 9.18. The molecule has 0 fully saturated rings. The molecule has 0 radical (unpaired) electrons. The van der Waals surface area contributed by atoms with Crippen LogP contribution in [0.15, 0.2) is 47.6 Å². The summed E-state index contributed by atoms with van der Waals surface area (Å²) in [5.41, 5.74) is 4.66. The number of benzene rings is 2. The maximum atomic E-state index is 12.2. The molecule has 2 aromatic carbocycles. The molecule has 0 bridgehead atoms.